The Morgan fingerprint density at radius 3 is 1.94 bits per heavy atom. The Morgan fingerprint density at radius 1 is 0.557 bits per heavy atom. The average Bonchev–Trinajstić information content (AvgIpc) is 4.06. The molecule has 1 N–H and O–H groups in total. The Kier molecular flexibility index (Phi) is 12.1. The van der Waals surface area contributed by atoms with Crippen LogP contribution in [0.15, 0.2) is 140 Å². The molecule has 2 aliphatic rings. The second-order valence-corrected chi connectivity index (χ2v) is 23.5. The van der Waals surface area contributed by atoms with Crippen molar-refractivity contribution < 1.29 is 7.85 Å². The molecule has 0 spiro atoms. The molecule has 2 fully saturated rings. The second kappa shape index (κ2) is 18.8. The number of para-hydroxylation sites is 1. The van der Waals surface area contributed by atoms with Gasteiger partial charge in [0, 0.05) is 31.2 Å². The summed E-state index contributed by atoms with van der Waals surface area (Å²) >= 11 is 0. The van der Waals surface area contributed by atoms with Gasteiger partial charge in [0.1, 0.15) is 11.6 Å². The van der Waals surface area contributed by atoms with Crippen LogP contribution in [0.3, 0.4) is 0 Å². The molecule has 0 unspecified atom stereocenters. The first-order valence-electron chi connectivity index (χ1n) is 27.1. The van der Waals surface area contributed by atoms with E-state index in [1.54, 1.807) is 0 Å². The summed E-state index contributed by atoms with van der Waals surface area (Å²) in [7, 11) is 0. The molecule has 6 aromatic carbocycles. The van der Waals surface area contributed by atoms with Gasteiger partial charge in [0.25, 0.3) is 0 Å². The highest BCUT2D eigenvalue weighted by molar-refractivity contribution is 5.98. The molecule has 0 amide bonds. The summed E-state index contributed by atoms with van der Waals surface area (Å²) < 4.78 is 21.3. The number of benzene rings is 6. The molecule has 0 atom stereocenters. The van der Waals surface area contributed by atoms with Crippen molar-refractivity contribution in [1.29, 1.82) is 0 Å². The monoisotopic (exact) mass is 926 g/mol. The Hall–Kier alpha value is -6.26. The summed E-state index contributed by atoms with van der Waals surface area (Å²) in [6.45, 7) is 19.9. The molecular weight excluding hydrogens is 851 g/mol. The van der Waals surface area contributed by atoms with Crippen molar-refractivity contribution in [2.45, 2.75) is 149 Å². The number of imidazole rings is 1. The van der Waals surface area contributed by atoms with Gasteiger partial charge in [-0.2, -0.15) is 0 Å². The third-order valence-corrected chi connectivity index (χ3v) is 15.2. The van der Waals surface area contributed by atoms with Crippen LogP contribution in [0.1, 0.15) is 157 Å². The number of pyridine rings is 1. The molecule has 4 nitrogen and oxygen atoms in total. The van der Waals surface area contributed by atoms with E-state index >= 15 is 0 Å². The van der Waals surface area contributed by atoms with Crippen molar-refractivity contribution in [3.05, 3.63) is 167 Å². The number of rotatable bonds is 9. The van der Waals surface area contributed by atoms with E-state index in [1.807, 2.05) is 18.3 Å². The van der Waals surface area contributed by atoms with Crippen molar-refractivity contribution in [2.24, 2.45) is 5.92 Å². The molecule has 70 heavy (non-hydrogen) atoms. The van der Waals surface area contributed by atoms with Gasteiger partial charge in [-0.15, -0.1) is 0 Å². The molecule has 2 aromatic heterocycles. The Balaban J connectivity index is 1.20. The predicted octanol–water partition coefficient (Wildman–Crippen LogP) is 18.1. The third-order valence-electron chi connectivity index (χ3n) is 15.2. The van der Waals surface area contributed by atoms with E-state index in [2.05, 4.69) is 188 Å². The molecule has 358 valence electrons. The molecule has 2 saturated carbocycles. The summed E-state index contributed by atoms with van der Waals surface area (Å²) in [6, 6.07) is 47.8. The number of nitrogens with zero attached hydrogens (tertiary/aromatic N) is 3. The van der Waals surface area contributed by atoms with E-state index in [4.69, 9.17) is 9.97 Å². The second-order valence-electron chi connectivity index (χ2n) is 23.5. The highest BCUT2D eigenvalue weighted by atomic mass is 16.3. The number of phenolic OH excluding ortho intramolecular Hbond substituents is 1. The summed E-state index contributed by atoms with van der Waals surface area (Å²) in [4.78, 5) is 10.7. The molecule has 0 saturated heterocycles. The zero-order valence-electron chi connectivity index (χ0n) is 45.1. The molecule has 8 aromatic rings. The molecule has 0 bridgehead atoms. The molecule has 4 heteroatoms. The van der Waals surface area contributed by atoms with Gasteiger partial charge in [0.2, 0.25) is 0 Å². The minimum Gasteiger partial charge on any atom is -0.507 e. The summed E-state index contributed by atoms with van der Waals surface area (Å²) in [5.74, 6) is 1.48. The van der Waals surface area contributed by atoms with E-state index in [0.717, 1.165) is 92.6 Å². The van der Waals surface area contributed by atoms with Gasteiger partial charge in [-0.3, -0.25) is 9.55 Å². The molecular formula is C66H73N3O. The fourth-order valence-corrected chi connectivity index (χ4v) is 11.1. The molecule has 0 radical (unpaired) electrons. The van der Waals surface area contributed by atoms with Gasteiger partial charge >= 0.3 is 0 Å². The molecule has 2 aliphatic carbocycles. The van der Waals surface area contributed by atoms with E-state index in [-0.39, 0.29) is 27.9 Å². The maximum absolute atomic E-state index is 12.7. The first-order valence-corrected chi connectivity index (χ1v) is 26.1. The number of aromatic hydroxyl groups is 1. The molecule has 2 heterocycles. The van der Waals surface area contributed by atoms with Gasteiger partial charge in [-0.1, -0.05) is 192 Å². The normalized spacial score (nSPS) is 15.9. The first kappa shape index (κ1) is 44.9. The van der Waals surface area contributed by atoms with Crippen LogP contribution in [0.5, 0.6) is 5.75 Å². The van der Waals surface area contributed by atoms with Gasteiger partial charge in [0.05, 0.1) is 28.0 Å². The Morgan fingerprint density at radius 2 is 1.24 bits per heavy atom. The number of hydrogen-bond donors (Lipinski definition) is 1. The SMILES string of the molecule is [2H]C([2H])(c1ccc(-n2c(-c3cc(C(C)(C)C)cc(C(C)(C)C)c3O)nc3c(-c4cc(-c5cc(-c6ccc(C7CCCCC7)cc6)ccn5)cc(C(C)(C)C)c4)cccc32)c(-c2ccccc2)c1)C1CCCC1. The van der Waals surface area contributed by atoms with Crippen LogP contribution in [0.4, 0.5) is 0 Å². The maximum Gasteiger partial charge on any atom is 0.149 e. The lowest BCUT2D eigenvalue weighted by Crippen LogP contribution is -2.17. The van der Waals surface area contributed by atoms with E-state index in [1.165, 1.54) is 48.8 Å². The van der Waals surface area contributed by atoms with Crippen LogP contribution < -0.4 is 0 Å². The summed E-state index contributed by atoms with van der Waals surface area (Å²) in [5.41, 5.74) is 16.0. The van der Waals surface area contributed by atoms with E-state index in [0.29, 0.717) is 22.9 Å². The van der Waals surface area contributed by atoms with Crippen LogP contribution in [-0.4, -0.2) is 19.6 Å². The predicted molar refractivity (Wildman–Crippen MR) is 295 cm³/mol. The van der Waals surface area contributed by atoms with Gasteiger partial charge in [0.15, 0.2) is 0 Å². The number of hydrogen-bond acceptors (Lipinski definition) is 3. The van der Waals surface area contributed by atoms with Crippen molar-refractivity contribution in [3.63, 3.8) is 0 Å². The van der Waals surface area contributed by atoms with Crippen LogP contribution in [0.2, 0.25) is 0 Å². The van der Waals surface area contributed by atoms with E-state index < -0.39 is 6.37 Å². The van der Waals surface area contributed by atoms with Crippen LogP contribution in [0.25, 0.3) is 72.7 Å². The topological polar surface area (TPSA) is 50.9 Å². The smallest absolute Gasteiger partial charge is 0.149 e. The van der Waals surface area contributed by atoms with E-state index in [9.17, 15) is 7.85 Å². The molecule has 0 aliphatic heterocycles. The summed E-state index contributed by atoms with van der Waals surface area (Å²) in [6.07, 6.45) is 10.9. The fourth-order valence-electron chi connectivity index (χ4n) is 11.1. The highest BCUT2D eigenvalue weighted by Gasteiger charge is 2.30. The zero-order chi connectivity index (χ0) is 50.7. The van der Waals surface area contributed by atoms with Crippen LogP contribution >= 0.6 is 0 Å². The number of fused-ring (bicyclic) bond motifs is 1. The average molecular weight is 926 g/mol. The quantitative estimate of drug-likeness (QED) is 0.157. The van der Waals surface area contributed by atoms with Crippen molar-refractivity contribution in [3.8, 4) is 67.5 Å². The number of aromatic nitrogens is 3. The van der Waals surface area contributed by atoms with Gasteiger partial charge < -0.3 is 5.11 Å². The number of phenols is 1. The Labute approximate surface area is 421 Å². The highest BCUT2D eigenvalue weighted by Crippen LogP contribution is 2.46. The third kappa shape index (κ3) is 9.64. The van der Waals surface area contributed by atoms with Crippen molar-refractivity contribution >= 4 is 11.0 Å². The largest absolute Gasteiger partial charge is 0.507 e. The Bertz CT molecular complexity index is 3260. The van der Waals surface area contributed by atoms with Crippen molar-refractivity contribution in [1.82, 2.24) is 14.5 Å². The van der Waals surface area contributed by atoms with Crippen molar-refractivity contribution in [2.75, 3.05) is 0 Å². The lowest BCUT2D eigenvalue weighted by molar-refractivity contribution is 0.443. The van der Waals surface area contributed by atoms with Crippen LogP contribution in [-0.2, 0) is 22.6 Å². The minimum absolute atomic E-state index is 0.0315. The van der Waals surface area contributed by atoms with Crippen LogP contribution in [0, 0.1) is 5.92 Å². The lowest BCUT2D eigenvalue weighted by atomic mass is 9.79. The fraction of sp³-hybridized carbons (Fsp3) is 0.364. The maximum atomic E-state index is 12.7. The van der Waals surface area contributed by atoms with Gasteiger partial charge in [-0.25, -0.2) is 4.98 Å². The van der Waals surface area contributed by atoms with Gasteiger partial charge in [-0.05, 0) is 140 Å². The minimum atomic E-state index is -1.49. The lowest BCUT2D eigenvalue weighted by Gasteiger charge is -2.27. The summed E-state index contributed by atoms with van der Waals surface area (Å²) in [5, 5.41) is 12.7. The standard InChI is InChI=1S/C66H73N3O/c1-64(2,3)52-38-50(37-51(39-52)58-40-49(33-34-67-58)47-30-28-46(29-31-47)45-21-12-10-13-22-45)54-25-18-26-60-61(54)68-63(56-41-53(65(4,5)6)42-57(62(56)70)66(7,8)9)69(60)59-32-27-44(35-43-19-16-17-20-43)36-55(59)48-23-14-11-15-24-48/h11,14-15,18,23-34,36-43,45,70H,10,12-13,16-17,19-22,35H2,1-9H3/i35D2. The first-order chi connectivity index (χ1) is 34.3. The molecule has 10 rings (SSSR count). The zero-order valence-corrected chi connectivity index (χ0v) is 43.1.